The highest BCUT2D eigenvalue weighted by molar-refractivity contribution is 6.30. The van der Waals surface area contributed by atoms with Gasteiger partial charge in [0.15, 0.2) is 0 Å². The number of hydrogen-bond acceptors (Lipinski definition) is 2. The van der Waals surface area contributed by atoms with Gasteiger partial charge in [-0.3, -0.25) is 4.98 Å². The average Bonchev–Trinajstić information content (AvgIpc) is 2.65. The lowest BCUT2D eigenvalue weighted by molar-refractivity contribution is 0.211. The van der Waals surface area contributed by atoms with E-state index in [0.29, 0.717) is 10.7 Å². The van der Waals surface area contributed by atoms with Crippen molar-refractivity contribution in [2.75, 3.05) is 12.4 Å². The number of carbonyl (C=O) groups excluding carboxylic acids is 1. The predicted octanol–water partition coefficient (Wildman–Crippen LogP) is 4.99. The van der Waals surface area contributed by atoms with E-state index in [1.807, 2.05) is 48.5 Å². The van der Waals surface area contributed by atoms with Crippen LogP contribution in [0.25, 0.3) is 0 Å². The maximum Gasteiger partial charge on any atom is 0.322 e. The van der Waals surface area contributed by atoms with Crippen LogP contribution in [0, 0.1) is 0 Å². The molecule has 0 aliphatic rings. The number of halogens is 1. The van der Waals surface area contributed by atoms with Crippen molar-refractivity contribution in [2.45, 2.75) is 6.04 Å². The summed E-state index contributed by atoms with van der Waals surface area (Å²) in [6, 6.07) is 22.1. The van der Waals surface area contributed by atoms with Gasteiger partial charge in [0.2, 0.25) is 0 Å². The Morgan fingerprint density at radius 3 is 2.32 bits per heavy atom. The van der Waals surface area contributed by atoms with E-state index in [1.54, 1.807) is 42.4 Å². The minimum atomic E-state index is -0.283. The van der Waals surface area contributed by atoms with Crippen molar-refractivity contribution in [3.8, 4) is 0 Å². The molecule has 0 bridgehead atoms. The predicted molar refractivity (Wildman–Crippen MR) is 101 cm³/mol. The van der Waals surface area contributed by atoms with Crippen LogP contribution >= 0.6 is 11.6 Å². The molecule has 2 aromatic carbocycles. The highest BCUT2D eigenvalue weighted by Crippen LogP contribution is 2.26. The molecule has 3 rings (SSSR count). The zero-order chi connectivity index (χ0) is 17.6. The van der Waals surface area contributed by atoms with Gasteiger partial charge in [0.1, 0.15) is 6.04 Å². The van der Waals surface area contributed by atoms with Crippen molar-refractivity contribution in [3.63, 3.8) is 0 Å². The molecule has 0 saturated carbocycles. The van der Waals surface area contributed by atoms with Crippen LogP contribution in [0.2, 0.25) is 5.02 Å². The monoisotopic (exact) mass is 351 g/mol. The fraction of sp³-hybridized carbons (Fsp3) is 0.100. The van der Waals surface area contributed by atoms with E-state index in [4.69, 9.17) is 11.6 Å². The molecule has 25 heavy (non-hydrogen) atoms. The van der Waals surface area contributed by atoms with Crippen molar-refractivity contribution >= 4 is 23.3 Å². The van der Waals surface area contributed by atoms with Crippen LogP contribution in [0.5, 0.6) is 0 Å². The molecule has 1 aromatic heterocycles. The Hall–Kier alpha value is -2.85. The summed E-state index contributed by atoms with van der Waals surface area (Å²) in [6.07, 6.45) is 1.73. The lowest BCUT2D eigenvalue weighted by Crippen LogP contribution is -2.35. The van der Waals surface area contributed by atoms with E-state index in [-0.39, 0.29) is 12.1 Å². The second-order valence-corrected chi connectivity index (χ2v) is 6.05. The van der Waals surface area contributed by atoms with E-state index in [2.05, 4.69) is 10.3 Å². The Kier molecular flexibility index (Phi) is 5.31. The first-order valence-corrected chi connectivity index (χ1v) is 8.28. The number of carbonyl (C=O) groups is 1. The average molecular weight is 352 g/mol. The van der Waals surface area contributed by atoms with Gasteiger partial charge >= 0.3 is 6.03 Å². The largest absolute Gasteiger partial charge is 0.322 e. The first-order chi connectivity index (χ1) is 12.1. The van der Waals surface area contributed by atoms with Crippen molar-refractivity contribution in [2.24, 2.45) is 0 Å². The number of benzene rings is 2. The summed E-state index contributed by atoms with van der Waals surface area (Å²) >= 11 is 5.89. The highest BCUT2D eigenvalue weighted by atomic mass is 35.5. The van der Waals surface area contributed by atoms with Gasteiger partial charge in [-0.1, -0.05) is 48.0 Å². The molecule has 1 atom stereocenters. The zero-order valence-corrected chi connectivity index (χ0v) is 14.5. The number of nitrogens with zero attached hydrogens (tertiary/aromatic N) is 2. The molecule has 0 saturated heterocycles. The third kappa shape index (κ3) is 4.17. The molecule has 4 nitrogen and oxygen atoms in total. The molecule has 2 amide bonds. The summed E-state index contributed by atoms with van der Waals surface area (Å²) in [5.74, 6) is 0. The van der Waals surface area contributed by atoms with Crippen molar-refractivity contribution in [1.29, 1.82) is 0 Å². The normalized spacial score (nSPS) is 11.6. The second-order valence-electron chi connectivity index (χ2n) is 5.62. The Morgan fingerprint density at radius 1 is 1.00 bits per heavy atom. The number of rotatable bonds is 4. The van der Waals surface area contributed by atoms with Crippen LogP contribution in [0.15, 0.2) is 79.0 Å². The Labute approximate surface area is 152 Å². The standard InChI is InChI=1S/C20H18ClN3O/c1-24(20(25)23-17-12-10-16(21)11-13-17)19(15-7-3-2-4-8-15)18-9-5-6-14-22-18/h2-14,19H,1H3,(H,23,25)/t19-/m1/s1. The summed E-state index contributed by atoms with van der Waals surface area (Å²) in [7, 11) is 1.76. The van der Waals surface area contributed by atoms with Gasteiger partial charge in [-0.25, -0.2) is 4.79 Å². The molecule has 0 radical (unpaired) electrons. The lowest BCUT2D eigenvalue weighted by atomic mass is 10.0. The molecular formula is C20H18ClN3O. The first-order valence-electron chi connectivity index (χ1n) is 7.90. The van der Waals surface area contributed by atoms with Gasteiger partial charge in [-0.15, -0.1) is 0 Å². The molecule has 126 valence electrons. The molecule has 0 unspecified atom stereocenters. The molecule has 0 spiro atoms. The number of nitrogens with one attached hydrogen (secondary N) is 1. The van der Waals surface area contributed by atoms with Gasteiger partial charge in [0.05, 0.1) is 5.69 Å². The van der Waals surface area contributed by atoms with Gasteiger partial charge in [0, 0.05) is 24.0 Å². The number of amides is 2. The number of urea groups is 1. The van der Waals surface area contributed by atoms with E-state index < -0.39 is 0 Å². The molecule has 3 aromatic rings. The molecule has 5 heteroatoms. The summed E-state index contributed by atoms with van der Waals surface area (Å²) < 4.78 is 0. The topological polar surface area (TPSA) is 45.2 Å². The molecule has 1 N–H and O–H groups in total. The molecular weight excluding hydrogens is 334 g/mol. The van der Waals surface area contributed by atoms with Gasteiger partial charge in [-0.05, 0) is 42.0 Å². The van der Waals surface area contributed by atoms with Gasteiger partial charge in [0.25, 0.3) is 0 Å². The fourth-order valence-corrected chi connectivity index (χ4v) is 2.75. The quantitative estimate of drug-likeness (QED) is 0.719. The van der Waals surface area contributed by atoms with Crippen LogP contribution in [0.3, 0.4) is 0 Å². The molecule has 0 fully saturated rings. The minimum absolute atomic E-state index is 0.221. The van der Waals surface area contributed by atoms with Crippen LogP contribution in [0.1, 0.15) is 17.3 Å². The summed E-state index contributed by atoms with van der Waals surface area (Å²) in [5, 5.41) is 3.52. The van der Waals surface area contributed by atoms with Crippen molar-refractivity contribution < 1.29 is 4.79 Å². The Morgan fingerprint density at radius 2 is 1.68 bits per heavy atom. The Balaban J connectivity index is 1.87. The number of anilines is 1. The van der Waals surface area contributed by atoms with Crippen LogP contribution in [-0.2, 0) is 0 Å². The lowest BCUT2D eigenvalue weighted by Gasteiger charge is -2.28. The smallest absolute Gasteiger partial charge is 0.315 e. The third-order valence-corrected chi connectivity index (χ3v) is 4.14. The van der Waals surface area contributed by atoms with Crippen LogP contribution in [-0.4, -0.2) is 23.0 Å². The van der Waals surface area contributed by atoms with Gasteiger partial charge in [-0.2, -0.15) is 0 Å². The zero-order valence-electron chi connectivity index (χ0n) is 13.8. The van der Waals surface area contributed by atoms with E-state index in [1.165, 1.54) is 0 Å². The van der Waals surface area contributed by atoms with E-state index in [9.17, 15) is 4.79 Å². The summed E-state index contributed by atoms with van der Waals surface area (Å²) in [6.45, 7) is 0. The van der Waals surface area contributed by atoms with Crippen LogP contribution in [0.4, 0.5) is 10.5 Å². The third-order valence-electron chi connectivity index (χ3n) is 3.89. The van der Waals surface area contributed by atoms with Gasteiger partial charge < -0.3 is 10.2 Å². The highest BCUT2D eigenvalue weighted by Gasteiger charge is 2.24. The summed E-state index contributed by atoms with van der Waals surface area (Å²) in [4.78, 5) is 18.8. The second kappa shape index (κ2) is 7.81. The number of aromatic nitrogens is 1. The number of hydrogen-bond donors (Lipinski definition) is 1. The van der Waals surface area contributed by atoms with Crippen LogP contribution < -0.4 is 5.32 Å². The Bertz CT molecular complexity index is 783. The summed E-state index contributed by atoms with van der Waals surface area (Å²) in [5.41, 5.74) is 2.49. The SMILES string of the molecule is CN(C(=O)Nc1ccc(Cl)cc1)[C@H](c1ccccc1)c1ccccn1. The maximum absolute atomic E-state index is 12.7. The molecule has 0 aliphatic carbocycles. The first kappa shape index (κ1) is 17.0. The van der Waals surface area contributed by atoms with Crippen molar-refractivity contribution in [3.05, 3.63) is 95.3 Å². The number of pyridine rings is 1. The van der Waals surface area contributed by atoms with E-state index in [0.717, 1.165) is 11.3 Å². The minimum Gasteiger partial charge on any atom is -0.315 e. The van der Waals surface area contributed by atoms with E-state index >= 15 is 0 Å². The fourth-order valence-electron chi connectivity index (χ4n) is 2.63. The molecule has 0 aliphatic heterocycles. The van der Waals surface area contributed by atoms with Crippen molar-refractivity contribution in [1.82, 2.24) is 9.88 Å². The molecule has 1 heterocycles. The maximum atomic E-state index is 12.7.